The van der Waals surface area contributed by atoms with Gasteiger partial charge < -0.3 is 14.0 Å². The van der Waals surface area contributed by atoms with Gasteiger partial charge in [0.1, 0.15) is 23.1 Å². The summed E-state index contributed by atoms with van der Waals surface area (Å²) >= 11 is 2.83. The number of ether oxygens (including phenoxy) is 2. The second-order valence-electron chi connectivity index (χ2n) is 7.72. The molecule has 0 saturated heterocycles. The van der Waals surface area contributed by atoms with E-state index in [0.717, 1.165) is 29.3 Å². The molecular formula is C22H28N6O3S2. The van der Waals surface area contributed by atoms with Gasteiger partial charge in [-0.2, -0.15) is 0 Å². The smallest absolute Gasteiger partial charge is 0.236 e. The molecule has 1 aliphatic carbocycles. The normalized spacial score (nSPS) is 14.2. The van der Waals surface area contributed by atoms with Crippen LogP contribution in [0.15, 0.2) is 29.4 Å². The largest absolute Gasteiger partial charge is 0.497 e. The van der Waals surface area contributed by atoms with Crippen molar-refractivity contribution < 1.29 is 14.3 Å². The Morgan fingerprint density at radius 3 is 2.61 bits per heavy atom. The number of nitrogens with zero attached hydrogens (tertiary/aromatic N) is 5. The van der Waals surface area contributed by atoms with Gasteiger partial charge in [-0.3, -0.25) is 10.1 Å². The van der Waals surface area contributed by atoms with Crippen molar-refractivity contribution >= 4 is 34.1 Å². The fourth-order valence-electron chi connectivity index (χ4n) is 3.76. The summed E-state index contributed by atoms with van der Waals surface area (Å²) in [5, 5.41) is 22.1. The van der Waals surface area contributed by atoms with Gasteiger partial charge in [0.25, 0.3) is 0 Å². The number of thioether (sulfide) groups is 1. The van der Waals surface area contributed by atoms with Crippen molar-refractivity contribution in [3.8, 4) is 11.5 Å². The van der Waals surface area contributed by atoms with Gasteiger partial charge in [0, 0.05) is 12.5 Å². The minimum atomic E-state index is -0.131. The van der Waals surface area contributed by atoms with E-state index in [9.17, 15) is 4.79 Å². The van der Waals surface area contributed by atoms with Crippen molar-refractivity contribution in [2.75, 3.05) is 18.2 Å². The molecule has 0 spiro atoms. The topological polar surface area (TPSA) is 104 Å². The van der Waals surface area contributed by atoms with E-state index in [1.807, 2.05) is 35.8 Å². The standard InChI is InChI=1S/C22H28N6O3S2/c1-3-28-18(13-31-17-11-9-16(30-2)10-12-17)24-27-22(28)32-14-19(29)23-21-26-25-20(33-21)15-7-5-4-6-8-15/h9-12,15H,3-8,13-14H2,1-2H3,(H,23,26,29). The molecule has 1 fully saturated rings. The molecule has 0 unspecified atom stereocenters. The van der Waals surface area contributed by atoms with Crippen molar-refractivity contribution in [1.29, 1.82) is 0 Å². The fraction of sp³-hybridized carbons (Fsp3) is 0.500. The predicted octanol–water partition coefficient (Wildman–Crippen LogP) is 4.52. The highest BCUT2D eigenvalue weighted by molar-refractivity contribution is 7.99. The molecule has 0 radical (unpaired) electrons. The first-order valence-electron chi connectivity index (χ1n) is 11.1. The molecule has 0 bridgehead atoms. The monoisotopic (exact) mass is 488 g/mol. The van der Waals surface area contributed by atoms with Crippen LogP contribution in [0.1, 0.15) is 55.8 Å². The molecule has 1 N–H and O–H groups in total. The lowest BCUT2D eigenvalue weighted by atomic mass is 9.90. The van der Waals surface area contributed by atoms with E-state index >= 15 is 0 Å². The molecule has 0 atom stereocenters. The first-order chi connectivity index (χ1) is 16.2. The number of methoxy groups -OCH3 is 1. The summed E-state index contributed by atoms with van der Waals surface area (Å²) in [6.45, 7) is 2.98. The highest BCUT2D eigenvalue weighted by atomic mass is 32.2. The Morgan fingerprint density at radius 2 is 1.88 bits per heavy atom. The van der Waals surface area contributed by atoms with Crippen LogP contribution in [-0.4, -0.2) is 43.7 Å². The average molecular weight is 489 g/mol. The molecule has 1 saturated carbocycles. The van der Waals surface area contributed by atoms with Crippen LogP contribution in [0, 0.1) is 0 Å². The van der Waals surface area contributed by atoms with E-state index in [2.05, 4.69) is 25.7 Å². The van der Waals surface area contributed by atoms with Crippen molar-refractivity contribution in [3.63, 3.8) is 0 Å². The number of carbonyl (C=O) groups excluding carboxylic acids is 1. The highest BCUT2D eigenvalue weighted by Gasteiger charge is 2.20. The van der Waals surface area contributed by atoms with E-state index in [-0.39, 0.29) is 18.3 Å². The average Bonchev–Trinajstić information content (AvgIpc) is 3.48. The lowest BCUT2D eigenvalue weighted by molar-refractivity contribution is -0.113. The third kappa shape index (κ3) is 6.23. The van der Waals surface area contributed by atoms with Gasteiger partial charge in [-0.05, 0) is 44.0 Å². The maximum atomic E-state index is 12.5. The SMILES string of the molecule is CCn1c(COc2ccc(OC)cc2)nnc1SCC(=O)Nc1nnc(C2CCCCC2)s1. The number of anilines is 1. The number of amides is 1. The zero-order valence-electron chi connectivity index (χ0n) is 18.8. The zero-order valence-corrected chi connectivity index (χ0v) is 20.5. The van der Waals surface area contributed by atoms with E-state index in [0.29, 0.717) is 28.6 Å². The Bertz CT molecular complexity index is 1050. The number of nitrogens with one attached hydrogen (secondary N) is 1. The quantitative estimate of drug-likeness (QED) is 0.416. The molecule has 4 rings (SSSR count). The van der Waals surface area contributed by atoms with Crippen LogP contribution >= 0.6 is 23.1 Å². The summed E-state index contributed by atoms with van der Waals surface area (Å²) in [4.78, 5) is 12.5. The maximum absolute atomic E-state index is 12.5. The summed E-state index contributed by atoms with van der Waals surface area (Å²) in [5.74, 6) is 2.77. The Balaban J connectivity index is 1.28. The van der Waals surface area contributed by atoms with Gasteiger partial charge in [-0.1, -0.05) is 42.4 Å². The van der Waals surface area contributed by atoms with Crippen molar-refractivity contribution in [2.24, 2.45) is 0 Å². The molecular weight excluding hydrogens is 460 g/mol. The Kier molecular flexibility index (Phi) is 8.16. The number of rotatable bonds is 10. The number of benzene rings is 1. The zero-order chi connectivity index (χ0) is 23.0. The van der Waals surface area contributed by atoms with Crippen LogP contribution in [0.2, 0.25) is 0 Å². The second-order valence-corrected chi connectivity index (χ2v) is 9.68. The minimum absolute atomic E-state index is 0.131. The fourth-order valence-corrected chi connectivity index (χ4v) is 5.50. The molecule has 2 heterocycles. The van der Waals surface area contributed by atoms with Crippen molar-refractivity contribution in [1.82, 2.24) is 25.0 Å². The Hall–Kier alpha value is -2.66. The molecule has 3 aromatic rings. The molecule has 11 heteroatoms. The van der Waals surface area contributed by atoms with Crippen LogP contribution in [0.4, 0.5) is 5.13 Å². The summed E-state index contributed by atoms with van der Waals surface area (Å²) in [6, 6.07) is 7.38. The summed E-state index contributed by atoms with van der Waals surface area (Å²) < 4.78 is 12.9. The van der Waals surface area contributed by atoms with Crippen molar-refractivity contribution in [3.05, 3.63) is 35.1 Å². The first kappa shape index (κ1) is 23.5. The molecule has 1 aliphatic rings. The Labute approximate surface area is 201 Å². The predicted molar refractivity (Wildman–Crippen MR) is 128 cm³/mol. The third-order valence-electron chi connectivity index (χ3n) is 5.51. The van der Waals surface area contributed by atoms with E-state index in [4.69, 9.17) is 9.47 Å². The lowest BCUT2D eigenvalue weighted by Crippen LogP contribution is -2.14. The number of aromatic nitrogens is 5. The highest BCUT2D eigenvalue weighted by Crippen LogP contribution is 2.35. The minimum Gasteiger partial charge on any atom is -0.497 e. The Morgan fingerprint density at radius 1 is 1.12 bits per heavy atom. The van der Waals surface area contributed by atoms with Gasteiger partial charge in [0.15, 0.2) is 11.0 Å². The van der Waals surface area contributed by atoms with Gasteiger partial charge in [0.2, 0.25) is 11.0 Å². The van der Waals surface area contributed by atoms with Crippen LogP contribution in [0.25, 0.3) is 0 Å². The van der Waals surface area contributed by atoms with Crippen LogP contribution < -0.4 is 14.8 Å². The van der Waals surface area contributed by atoms with Crippen LogP contribution in [0.3, 0.4) is 0 Å². The number of hydrogen-bond donors (Lipinski definition) is 1. The summed E-state index contributed by atoms with van der Waals surface area (Å²) in [5.41, 5.74) is 0. The molecule has 33 heavy (non-hydrogen) atoms. The van der Waals surface area contributed by atoms with E-state index in [1.54, 1.807) is 7.11 Å². The van der Waals surface area contributed by atoms with E-state index < -0.39 is 0 Å². The van der Waals surface area contributed by atoms with E-state index in [1.165, 1.54) is 42.4 Å². The van der Waals surface area contributed by atoms with Gasteiger partial charge >= 0.3 is 0 Å². The molecule has 0 aliphatic heterocycles. The molecule has 9 nitrogen and oxygen atoms in total. The van der Waals surface area contributed by atoms with Crippen LogP contribution in [0.5, 0.6) is 11.5 Å². The molecule has 1 aromatic carbocycles. The van der Waals surface area contributed by atoms with Crippen molar-refractivity contribution in [2.45, 2.75) is 63.3 Å². The van der Waals surface area contributed by atoms with Crippen LogP contribution in [-0.2, 0) is 17.9 Å². The third-order valence-corrected chi connectivity index (χ3v) is 7.48. The maximum Gasteiger partial charge on any atom is 0.236 e. The lowest BCUT2D eigenvalue weighted by Gasteiger charge is -2.18. The molecule has 2 aromatic heterocycles. The summed E-state index contributed by atoms with van der Waals surface area (Å²) in [7, 11) is 1.63. The van der Waals surface area contributed by atoms with Gasteiger partial charge in [-0.15, -0.1) is 20.4 Å². The number of carbonyl (C=O) groups is 1. The van der Waals surface area contributed by atoms with Gasteiger partial charge in [-0.25, -0.2) is 0 Å². The number of hydrogen-bond acceptors (Lipinski definition) is 9. The summed E-state index contributed by atoms with van der Waals surface area (Å²) in [6.07, 6.45) is 6.11. The van der Waals surface area contributed by atoms with Gasteiger partial charge in [0.05, 0.1) is 12.9 Å². The molecule has 1 amide bonds. The second kappa shape index (κ2) is 11.5. The first-order valence-corrected chi connectivity index (χ1v) is 12.9. The molecule has 176 valence electrons.